The minimum Gasteiger partial charge on any atom is -0.375 e. The number of H-pyrrole nitrogens is 1. The Morgan fingerprint density at radius 3 is 2.55 bits per heavy atom. The summed E-state index contributed by atoms with van der Waals surface area (Å²) in [7, 11) is 0. The number of aryl methyl sites for hydroxylation is 1. The summed E-state index contributed by atoms with van der Waals surface area (Å²) in [6, 6.07) is 20.2. The number of rotatable bonds is 7. The van der Waals surface area contributed by atoms with Crippen LogP contribution in [0.15, 0.2) is 79.0 Å². The van der Waals surface area contributed by atoms with Crippen molar-refractivity contribution in [2.24, 2.45) is 0 Å². The molecule has 2 N–H and O–H groups in total. The zero-order valence-electron chi connectivity index (χ0n) is 17.9. The summed E-state index contributed by atoms with van der Waals surface area (Å²) in [4.78, 5) is 31.0. The lowest BCUT2D eigenvalue weighted by Crippen LogP contribution is -2.42. The van der Waals surface area contributed by atoms with Crippen LogP contribution in [-0.4, -0.2) is 28.3 Å². The van der Waals surface area contributed by atoms with E-state index in [1.807, 2.05) is 30.5 Å². The molecule has 1 aliphatic rings. The molecule has 0 radical (unpaired) electrons. The van der Waals surface area contributed by atoms with Gasteiger partial charge in [0.2, 0.25) is 0 Å². The number of carbonyl (C=O) groups is 2. The van der Waals surface area contributed by atoms with E-state index in [0.717, 1.165) is 17.3 Å². The number of aliphatic hydroxyl groups is 1. The minimum absolute atomic E-state index is 0.257. The number of amides is 1. The van der Waals surface area contributed by atoms with E-state index >= 15 is 0 Å². The van der Waals surface area contributed by atoms with E-state index in [1.54, 1.807) is 23.1 Å². The molecule has 0 spiro atoms. The Kier molecular flexibility index (Phi) is 5.30. The number of hydrogen-bond donors (Lipinski definition) is 2. The van der Waals surface area contributed by atoms with Gasteiger partial charge in [-0.2, -0.15) is 0 Å². The molecule has 1 aromatic heterocycles. The third kappa shape index (κ3) is 3.72. The number of hydrogen-bond acceptors (Lipinski definition) is 3. The molecule has 0 fully saturated rings. The van der Waals surface area contributed by atoms with Crippen LogP contribution in [0.3, 0.4) is 0 Å². The number of benzene rings is 3. The van der Waals surface area contributed by atoms with E-state index in [1.165, 1.54) is 29.8 Å². The van der Waals surface area contributed by atoms with Crippen LogP contribution in [-0.2, 0) is 16.8 Å². The second-order valence-corrected chi connectivity index (χ2v) is 8.40. The molecule has 3 aromatic carbocycles. The van der Waals surface area contributed by atoms with E-state index in [9.17, 15) is 19.1 Å². The standard InChI is InChI=1S/C27H23FN2O3/c28-20-13-11-18(12-14-20)25(31)16-27(33)22-8-2-4-10-24(22)30(26(27)32)15-5-6-19-17-29-23-9-3-1-7-21(19)23/h1-4,7-14,17,29,33H,5-6,15-16H2/t27-/m1/s1. The molecule has 0 bridgehead atoms. The van der Waals surface area contributed by atoms with Crippen molar-refractivity contribution in [2.45, 2.75) is 24.9 Å². The number of nitrogens with zero attached hydrogens (tertiary/aromatic N) is 1. The summed E-state index contributed by atoms with van der Waals surface area (Å²) < 4.78 is 13.2. The van der Waals surface area contributed by atoms with Crippen LogP contribution in [0.2, 0.25) is 0 Å². The van der Waals surface area contributed by atoms with E-state index < -0.39 is 29.5 Å². The number of nitrogens with one attached hydrogen (secondary N) is 1. The second kappa shape index (κ2) is 8.30. The molecule has 0 saturated carbocycles. The molecule has 2 heterocycles. The molecule has 1 atom stereocenters. The number of anilines is 1. The molecule has 5 rings (SSSR count). The van der Waals surface area contributed by atoms with E-state index in [4.69, 9.17) is 0 Å². The second-order valence-electron chi connectivity index (χ2n) is 8.40. The molecule has 1 amide bonds. The Hall–Kier alpha value is -3.77. The third-order valence-electron chi connectivity index (χ3n) is 6.32. The maximum atomic E-state index is 13.4. The summed E-state index contributed by atoms with van der Waals surface area (Å²) in [5.41, 5.74) is 1.61. The van der Waals surface area contributed by atoms with Gasteiger partial charge in [0.05, 0.1) is 12.1 Å². The van der Waals surface area contributed by atoms with E-state index in [2.05, 4.69) is 11.1 Å². The van der Waals surface area contributed by atoms with Crippen LogP contribution in [0.4, 0.5) is 10.1 Å². The molecule has 4 aromatic rings. The zero-order chi connectivity index (χ0) is 23.0. The van der Waals surface area contributed by atoms with Gasteiger partial charge in [-0.3, -0.25) is 9.59 Å². The maximum Gasteiger partial charge on any atom is 0.264 e. The van der Waals surface area contributed by atoms with Crippen molar-refractivity contribution in [3.05, 3.63) is 102 Å². The fourth-order valence-electron chi connectivity index (χ4n) is 4.64. The number of carbonyl (C=O) groups excluding carboxylic acids is 2. The van der Waals surface area contributed by atoms with Crippen LogP contribution in [0, 0.1) is 5.82 Å². The lowest BCUT2D eigenvalue weighted by Gasteiger charge is -2.23. The van der Waals surface area contributed by atoms with Crippen LogP contribution >= 0.6 is 0 Å². The van der Waals surface area contributed by atoms with Crippen LogP contribution in [0.5, 0.6) is 0 Å². The normalized spacial score (nSPS) is 17.5. The highest BCUT2D eigenvalue weighted by atomic mass is 19.1. The first-order valence-corrected chi connectivity index (χ1v) is 10.9. The van der Waals surface area contributed by atoms with Gasteiger partial charge in [0.15, 0.2) is 11.4 Å². The maximum absolute atomic E-state index is 13.4. The Bertz CT molecular complexity index is 1350. The smallest absolute Gasteiger partial charge is 0.264 e. The molecule has 33 heavy (non-hydrogen) atoms. The number of aromatic nitrogens is 1. The molecule has 6 heteroatoms. The first-order valence-electron chi connectivity index (χ1n) is 10.9. The van der Waals surface area contributed by atoms with Crippen molar-refractivity contribution in [3.63, 3.8) is 0 Å². The van der Waals surface area contributed by atoms with Gasteiger partial charge in [-0.1, -0.05) is 36.4 Å². The number of Topliss-reactive ketones (excluding diaryl/α,β-unsaturated/α-hetero) is 1. The van der Waals surface area contributed by atoms with Crippen LogP contribution in [0.25, 0.3) is 10.9 Å². The highest BCUT2D eigenvalue weighted by molar-refractivity contribution is 6.10. The molecule has 0 aliphatic carbocycles. The van der Waals surface area contributed by atoms with Crippen molar-refractivity contribution >= 4 is 28.3 Å². The van der Waals surface area contributed by atoms with Crippen molar-refractivity contribution in [1.82, 2.24) is 4.98 Å². The quantitative estimate of drug-likeness (QED) is 0.406. The van der Waals surface area contributed by atoms with Crippen molar-refractivity contribution in [3.8, 4) is 0 Å². The number of fused-ring (bicyclic) bond motifs is 2. The number of ketones is 1. The predicted molar refractivity (Wildman–Crippen MR) is 125 cm³/mol. The van der Waals surface area contributed by atoms with Gasteiger partial charge >= 0.3 is 0 Å². The van der Waals surface area contributed by atoms with Gasteiger partial charge in [-0.25, -0.2) is 4.39 Å². The number of aromatic amines is 1. The largest absolute Gasteiger partial charge is 0.375 e. The number of halogens is 1. The average molecular weight is 442 g/mol. The molecule has 1 aliphatic heterocycles. The van der Waals surface area contributed by atoms with Gasteiger partial charge in [0, 0.05) is 34.8 Å². The fourth-order valence-corrected chi connectivity index (χ4v) is 4.64. The van der Waals surface area contributed by atoms with E-state index in [-0.39, 0.29) is 5.56 Å². The molecule has 5 nitrogen and oxygen atoms in total. The van der Waals surface area contributed by atoms with Gasteiger partial charge < -0.3 is 15.0 Å². The first-order chi connectivity index (χ1) is 16.0. The lowest BCUT2D eigenvalue weighted by atomic mass is 9.88. The molecule has 0 saturated heterocycles. The van der Waals surface area contributed by atoms with Crippen LogP contribution in [0.1, 0.15) is 34.3 Å². The van der Waals surface area contributed by atoms with Crippen molar-refractivity contribution in [2.75, 3.05) is 11.4 Å². The summed E-state index contributed by atoms with van der Waals surface area (Å²) >= 11 is 0. The Balaban J connectivity index is 1.35. The van der Waals surface area contributed by atoms with Gasteiger partial charge in [0.1, 0.15) is 5.82 Å². The first kappa shape index (κ1) is 21.1. The van der Waals surface area contributed by atoms with Gasteiger partial charge in [-0.05, 0) is 54.8 Å². The Labute approximate surface area is 190 Å². The lowest BCUT2D eigenvalue weighted by molar-refractivity contribution is -0.135. The molecular formula is C27H23FN2O3. The molecular weight excluding hydrogens is 419 g/mol. The van der Waals surface area contributed by atoms with Crippen molar-refractivity contribution < 1.29 is 19.1 Å². The molecule has 166 valence electrons. The highest BCUT2D eigenvalue weighted by Gasteiger charge is 2.50. The van der Waals surface area contributed by atoms with E-state index in [0.29, 0.717) is 24.2 Å². The topological polar surface area (TPSA) is 73.4 Å². The summed E-state index contributed by atoms with van der Waals surface area (Å²) in [5, 5.41) is 12.6. The minimum atomic E-state index is -1.94. The summed E-state index contributed by atoms with van der Waals surface area (Å²) in [6.07, 6.45) is 3.06. The summed E-state index contributed by atoms with van der Waals surface area (Å²) in [6.45, 7) is 0.419. The van der Waals surface area contributed by atoms with Gasteiger partial charge in [-0.15, -0.1) is 0 Å². The Morgan fingerprint density at radius 1 is 1.00 bits per heavy atom. The SMILES string of the molecule is O=C(C[C@]1(O)C(=O)N(CCCc2c[nH]c3ccccc23)c2ccccc21)c1ccc(F)cc1. The summed E-state index contributed by atoms with van der Waals surface area (Å²) in [5.74, 6) is -1.37. The Morgan fingerprint density at radius 2 is 1.73 bits per heavy atom. The predicted octanol–water partition coefficient (Wildman–Crippen LogP) is 4.75. The zero-order valence-corrected chi connectivity index (χ0v) is 17.9. The van der Waals surface area contributed by atoms with Crippen molar-refractivity contribution in [1.29, 1.82) is 0 Å². The van der Waals surface area contributed by atoms with Crippen LogP contribution < -0.4 is 4.90 Å². The number of para-hydroxylation sites is 2. The molecule has 0 unspecified atom stereocenters. The monoisotopic (exact) mass is 442 g/mol. The average Bonchev–Trinajstić information content (AvgIpc) is 3.33. The highest BCUT2D eigenvalue weighted by Crippen LogP contribution is 2.43. The fraction of sp³-hybridized carbons (Fsp3) is 0.185. The third-order valence-corrected chi connectivity index (χ3v) is 6.32. The van der Waals surface area contributed by atoms with Gasteiger partial charge in [0.25, 0.3) is 5.91 Å².